The Morgan fingerprint density at radius 2 is 2.23 bits per heavy atom. The van der Waals surface area contributed by atoms with Crippen molar-refractivity contribution in [1.29, 1.82) is 0 Å². The minimum atomic E-state index is -0.402. The highest BCUT2D eigenvalue weighted by atomic mass is 35.5. The van der Waals surface area contributed by atoms with Gasteiger partial charge in [0, 0.05) is 6.20 Å². The second kappa shape index (κ2) is 6.44. The molecule has 22 heavy (non-hydrogen) atoms. The molecule has 0 saturated carbocycles. The molecule has 0 atom stereocenters. The number of nitro groups is 1. The monoisotopic (exact) mass is 322 g/mol. The lowest BCUT2D eigenvalue weighted by molar-refractivity contribution is -0.671. The van der Waals surface area contributed by atoms with Crippen LogP contribution in [0, 0.1) is 10.1 Å². The van der Waals surface area contributed by atoms with Crippen LogP contribution < -0.4 is 22.3 Å². The number of aryl methyl sites for hydroxylation is 1. The van der Waals surface area contributed by atoms with Gasteiger partial charge < -0.3 is 17.7 Å². The molecule has 3 aromatic rings. The molecule has 0 spiro atoms. The first kappa shape index (κ1) is 15.8. The number of rotatable bonds is 5. The van der Waals surface area contributed by atoms with E-state index in [1.165, 1.54) is 4.52 Å². The summed E-state index contributed by atoms with van der Waals surface area (Å²) in [7, 11) is 1.94. The minimum absolute atomic E-state index is 0. The number of anilines is 1. The van der Waals surface area contributed by atoms with Gasteiger partial charge >= 0.3 is 5.69 Å². The normalized spacial score (nSPS) is 10.4. The predicted molar refractivity (Wildman–Crippen MR) is 75.9 cm³/mol. The molecule has 3 aromatic heterocycles. The third-order valence-electron chi connectivity index (χ3n) is 3.18. The number of aromatic nitrogens is 4. The van der Waals surface area contributed by atoms with Crippen molar-refractivity contribution in [1.82, 2.24) is 14.2 Å². The van der Waals surface area contributed by atoms with Crippen molar-refractivity contribution >= 4 is 17.0 Å². The molecule has 0 aliphatic carbocycles. The lowest BCUT2D eigenvalue weighted by Gasteiger charge is -2.00. The summed E-state index contributed by atoms with van der Waals surface area (Å²) in [6.45, 7) is 1.26. The highest BCUT2D eigenvalue weighted by Gasteiger charge is 2.22. The average molecular weight is 323 g/mol. The zero-order valence-corrected chi connectivity index (χ0v) is 12.6. The highest BCUT2D eigenvalue weighted by molar-refractivity contribution is 5.76. The molecule has 0 saturated heterocycles. The molecule has 0 unspecified atom stereocenters. The van der Waals surface area contributed by atoms with E-state index in [1.807, 2.05) is 34.9 Å². The van der Waals surface area contributed by atoms with E-state index in [2.05, 4.69) is 10.4 Å². The summed E-state index contributed by atoms with van der Waals surface area (Å²) in [5.41, 5.74) is 0.492. The zero-order valence-electron chi connectivity index (χ0n) is 11.9. The predicted octanol–water partition coefficient (Wildman–Crippen LogP) is -2.02. The Labute approximate surface area is 132 Å². The van der Waals surface area contributed by atoms with E-state index in [1.54, 1.807) is 24.4 Å². The molecule has 9 heteroatoms. The maximum atomic E-state index is 11.2. The van der Waals surface area contributed by atoms with Crippen molar-refractivity contribution in [2.24, 2.45) is 7.05 Å². The fraction of sp³-hybridized carbons (Fsp3) is 0.231. The fourth-order valence-electron chi connectivity index (χ4n) is 2.22. The van der Waals surface area contributed by atoms with Crippen LogP contribution in [0.3, 0.4) is 0 Å². The van der Waals surface area contributed by atoms with Gasteiger partial charge in [-0.3, -0.25) is 10.1 Å². The summed E-state index contributed by atoms with van der Waals surface area (Å²) in [5, 5.41) is 18.5. The van der Waals surface area contributed by atoms with Crippen LogP contribution in [0.5, 0.6) is 0 Å². The van der Waals surface area contributed by atoms with Gasteiger partial charge in [-0.25, -0.2) is 13.6 Å². The van der Waals surface area contributed by atoms with Crippen LogP contribution in [0.4, 0.5) is 11.5 Å². The van der Waals surface area contributed by atoms with E-state index < -0.39 is 4.92 Å². The summed E-state index contributed by atoms with van der Waals surface area (Å²) >= 11 is 0. The van der Waals surface area contributed by atoms with Crippen molar-refractivity contribution in [2.45, 2.75) is 6.54 Å². The van der Waals surface area contributed by atoms with Crippen molar-refractivity contribution < 1.29 is 21.9 Å². The van der Waals surface area contributed by atoms with Crippen LogP contribution in [-0.4, -0.2) is 25.6 Å². The lowest BCUT2D eigenvalue weighted by atomic mass is 10.3. The first-order chi connectivity index (χ1) is 10.1. The van der Waals surface area contributed by atoms with Gasteiger partial charge in [0.1, 0.15) is 24.5 Å². The number of halogens is 1. The third-order valence-corrected chi connectivity index (χ3v) is 3.18. The Morgan fingerprint density at radius 3 is 2.91 bits per heavy atom. The van der Waals surface area contributed by atoms with Gasteiger partial charge in [-0.15, -0.1) is 5.10 Å². The number of nitrogens with one attached hydrogen (secondary N) is 1. The van der Waals surface area contributed by atoms with Gasteiger partial charge in [0.05, 0.1) is 18.5 Å². The SMILES string of the molecule is C[n+]1ccn(CCNc2nn3ccccc3c2[N+](=O)[O-])c1.[Cl-]. The van der Waals surface area contributed by atoms with E-state index in [0.717, 1.165) is 0 Å². The third kappa shape index (κ3) is 3.01. The molecule has 0 bridgehead atoms. The Morgan fingerprint density at radius 1 is 1.41 bits per heavy atom. The molecular weight excluding hydrogens is 308 g/mol. The molecule has 3 heterocycles. The molecule has 8 nitrogen and oxygen atoms in total. The molecule has 3 rings (SSSR count). The Balaban J connectivity index is 0.00000176. The number of hydrogen-bond acceptors (Lipinski definition) is 4. The highest BCUT2D eigenvalue weighted by Crippen LogP contribution is 2.28. The summed E-state index contributed by atoms with van der Waals surface area (Å²) in [6, 6.07) is 5.23. The standard InChI is InChI=1S/C13H15N6O2.ClH/c1-16-8-9-17(10-16)7-5-14-13-12(19(20)21)11-4-2-3-6-18(11)15-13;/h2-4,6,8-10H,5,7H2,1H3,(H,14,15);1H/q+1;/p-1. The smallest absolute Gasteiger partial charge is 0.338 e. The second-order valence-corrected chi connectivity index (χ2v) is 4.73. The molecule has 0 aliphatic rings. The summed E-state index contributed by atoms with van der Waals surface area (Å²) in [5.74, 6) is 0.294. The van der Waals surface area contributed by atoms with E-state index in [4.69, 9.17) is 0 Å². The molecule has 1 N–H and O–H groups in total. The molecule has 116 valence electrons. The quantitative estimate of drug-likeness (QED) is 0.334. The van der Waals surface area contributed by atoms with Crippen LogP contribution in [0.25, 0.3) is 5.52 Å². The van der Waals surface area contributed by atoms with Crippen LogP contribution in [-0.2, 0) is 13.6 Å². The number of imidazole rings is 1. The summed E-state index contributed by atoms with van der Waals surface area (Å²) in [4.78, 5) is 10.8. The van der Waals surface area contributed by atoms with Crippen LogP contribution in [0.1, 0.15) is 0 Å². The second-order valence-electron chi connectivity index (χ2n) is 4.73. The van der Waals surface area contributed by atoms with Crippen LogP contribution in [0.2, 0.25) is 0 Å². The van der Waals surface area contributed by atoms with E-state index in [-0.39, 0.29) is 18.1 Å². The van der Waals surface area contributed by atoms with Crippen molar-refractivity contribution in [3.63, 3.8) is 0 Å². The fourth-order valence-corrected chi connectivity index (χ4v) is 2.22. The van der Waals surface area contributed by atoms with Gasteiger partial charge in [0.2, 0.25) is 12.1 Å². The minimum Gasteiger partial charge on any atom is -1.00 e. The van der Waals surface area contributed by atoms with Gasteiger partial charge in [0.25, 0.3) is 0 Å². The number of hydrogen-bond donors (Lipinski definition) is 1. The van der Waals surface area contributed by atoms with E-state index in [9.17, 15) is 10.1 Å². The Hall–Kier alpha value is -2.61. The summed E-state index contributed by atoms with van der Waals surface area (Å²) < 4.78 is 5.44. The topological polar surface area (TPSA) is 81.3 Å². The van der Waals surface area contributed by atoms with Crippen LogP contribution in [0.15, 0.2) is 43.1 Å². The van der Waals surface area contributed by atoms with E-state index >= 15 is 0 Å². The average Bonchev–Trinajstić information content (AvgIpc) is 3.02. The van der Waals surface area contributed by atoms with E-state index in [0.29, 0.717) is 24.4 Å². The molecule has 0 amide bonds. The molecule has 0 aromatic carbocycles. The van der Waals surface area contributed by atoms with Crippen molar-refractivity contribution in [3.05, 3.63) is 53.2 Å². The molecule has 0 aliphatic heterocycles. The van der Waals surface area contributed by atoms with Crippen LogP contribution >= 0.6 is 0 Å². The molecule has 0 radical (unpaired) electrons. The Kier molecular flexibility index (Phi) is 4.62. The first-order valence-electron chi connectivity index (χ1n) is 6.52. The number of pyridine rings is 1. The van der Waals surface area contributed by atoms with Gasteiger partial charge in [0.15, 0.2) is 0 Å². The molecule has 0 fully saturated rings. The maximum absolute atomic E-state index is 11.2. The lowest BCUT2D eigenvalue weighted by Crippen LogP contribution is -3.00. The maximum Gasteiger partial charge on any atom is 0.338 e. The first-order valence-corrected chi connectivity index (χ1v) is 6.52. The largest absolute Gasteiger partial charge is 1.00 e. The number of fused-ring (bicyclic) bond motifs is 1. The van der Waals surface area contributed by atoms with Gasteiger partial charge in [-0.1, -0.05) is 6.07 Å². The van der Waals surface area contributed by atoms with Crippen molar-refractivity contribution in [2.75, 3.05) is 11.9 Å². The zero-order chi connectivity index (χ0) is 14.8. The van der Waals surface area contributed by atoms with Crippen molar-refractivity contribution in [3.8, 4) is 0 Å². The number of nitrogens with zero attached hydrogens (tertiary/aromatic N) is 5. The summed E-state index contributed by atoms with van der Waals surface area (Å²) in [6.07, 6.45) is 7.52. The van der Waals surface area contributed by atoms with Gasteiger partial charge in [-0.05, 0) is 12.1 Å². The van der Waals surface area contributed by atoms with Gasteiger partial charge in [-0.2, -0.15) is 0 Å². The Bertz CT molecular complexity index is 797. The molecular formula is C13H15ClN6O2.